The molecule has 0 bridgehead atoms. The van der Waals surface area contributed by atoms with Crippen LogP contribution in [0.25, 0.3) is 0 Å². The van der Waals surface area contributed by atoms with Crippen molar-refractivity contribution in [3.05, 3.63) is 11.6 Å². The number of piperidine rings is 1. The fourth-order valence-electron chi connectivity index (χ4n) is 4.20. The third-order valence-electron chi connectivity index (χ3n) is 5.89. The van der Waals surface area contributed by atoms with Crippen LogP contribution < -0.4 is 5.32 Å². The van der Waals surface area contributed by atoms with Gasteiger partial charge in [0.1, 0.15) is 0 Å². The number of carboxylic acid groups (broad SMARTS) is 1. The Kier molecular flexibility index (Phi) is 8.73. The van der Waals surface area contributed by atoms with Crippen LogP contribution in [0.15, 0.2) is 11.6 Å². The van der Waals surface area contributed by atoms with Crippen molar-refractivity contribution in [3.8, 4) is 0 Å². The van der Waals surface area contributed by atoms with E-state index in [0.717, 1.165) is 4.90 Å². The monoisotopic (exact) mass is 468 g/mol. The summed E-state index contributed by atoms with van der Waals surface area (Å²) >= 11 is 0. The van der Waals surface area contributed by atoms with Crippen LogP contribution in [0.3, 0.4) is 0 Å². The predicted molar refractivity (Wildman–Crippen MR) is 114 cm³/mol. The van der Waals surface area contributed by atoms with Gasteiger partial charge in [0, 0.05) is 18.9 Å². The van der Waals surface area contributed by atoms with Gasteiger partial charge < -0.3 is 25.0 Å². The second-order valence-electron chi connectivity index (χ2n) is 8.30. The van der Waals surface area contributed by atoms with E-state index in [1.165, 1.54) is 6.92 Å². The number of carboxylic acids is 1. The number of esters is 1. The van der Waals surface area contributed by atoms with Gasteiger partial charge in [-0.15, -0.1) is 0 Å². The number of nitrogens with one attached hydrogen (secondary N) is 1. The fourth-order valence-corrected chi connectivity index (χ4v) is 4.20. The molecule has 1 saturated heterocycles. The highest BCUT2D eigenvalue weighted by atomic mass is 16.5. The van der Waals surface area contributed by atoms with E-state index in [4.69, 9.17) is 9.47 Å². The molecule has 0 saturated carbocycles. The summed E-state index contributed by atoms with van der Waals surface area (Å²) in [6, 6.07) is -1.92. The van der Waals surface area contributed by atoms with Crippen molar-refractivity contribution in [2.45, 2.75) is 89.7 Å². The van der Waals surface area contributed by atoms with Gasteiger partial charge >= 0.3 is 11.9 Å². The molecule has 1 aliphatic carbocycles. The van der Waals surface area contributed by atoms with E-state index >= 15 is 0 Å². The van der Waals surface area contributed by atoms with Crippen LogP contribution >= 0.6 is 0 Å². The first-order valence-electron chi connectivity index (χ1n) is 11.1. The second kappa shape index (κ2) is 10.9. The lowest BCUT2D eigenvalue weighted by Crippen LogP contribution is -2.65. The van der Waals surface area contributed by atoms with Crippen molar-refractivity contribution in [2.24, 2.45) is 0 Å². The summed E-state index contributed by atoms with van der Waals surface area (Å²) in [7, 11) is 0. The molecule has 3 N–H and O–H groups in total. The van der Waals surface area contributed by atoms with Gasteiger partial charge in [-0.05, 0) is 25.8 Å². The minimum Gasteiger partial charge on any atom is -0.479 e. The quantitative estimate of drug-likeness (QED) is 0.319. The molecule has 0 spiro atoms. The van der Waals surface area contributed by atoms with Crippen LogP contribution in [0.4, 0.5) is 0 Å². The highest BCUT2D eigenvalue weighted by Gasteiger charge is 2.52. The molecule has 3 atom stereocenters. The molecular formula is C22H32N2O9. The molecule has 1 fully saturated rings. The molecule has 33 heavy (non-hydrogen) atoms. The van der Waals surface area contributed by atoms with Crippen LogP contribution in [0.5, 0.6) is 0 Å². The molecule has 0 unspecified atom stereocenters. The number of amides is 3. The Morgan fingerprint density at radius 3 is 2.21 bits per heavy atom. The molecule has 11 heteroatoms. The predicted octanol–water partition coefficient (Wildman–Crippen LogP) is 0.291. The van der Waals surface area contributed by atoms with Crippen molar-refractivity contribution in [3.63, 3.8) is 0 Å². The number of aliphatic hydroxyl groups is 1. The Hall–Kier alpha value is -2.79. The molecule has 184 valence electrons. The maximum absolute atomic E-state index is 12.9. The Balaban J connectivity index is 2.50. The summed E-state index contributed by atoms with van der Waals surface area (Å²) in [4.78, 5) is 62.6. The molecule has 1 aliphatic heterocycles. The van der Waals surface area contributed by atoms with Crippen molar-refractivity contribution in [1.29, 1.82) is 0 Å². The van der Waals surface area contributed by atoms with Crippen molar-refractivity contribution < 1.29 is 43.7 Å². The first-order valence-corrected chi connectivity index (χ1v) is 11.1. The van der Waals surface area contributed by atoms with E-state index in [2.05, 4.69) is 5.32 Å². The normalized spacial score (nSPS) is 25.0. The Morgan fingerprint density at radius 1 is 1.18 bits per heavy atom. The smallest absolute Gasteiger partial charge is 0.336 e. The van der Waals surface area contributed by atoms with Crippen LogP contribution in [0.1, 0.15) is 59.8 Å². The maximum atomic E-state index is 12.9. The minimum absolute atomic E-state index is 0.112. The number of carbonyl (C=O) groups is 5. The lowest BCUT2D eigenvalue weighted by Gasteiger charge is -2.45. The number of hydrogen-bond acceptors (Lipinski definition) is 8. The van der Waals surface area contributed by atoms with E-state index in [0.29, 0.717) is 12.8 Å². The Labute approximate surface area is 192 Å². The number of carbonyl (C=O) groups excluding carboxylic acids is 4. The van der Waals surface area contributed by atoms with Gasteiger partial charge in [0.15, 0.2) is 5.60 Å². The first-order chi connectivity index (χ1) is 15.5. The Morgan fingerprint density at radius 2 is 1.76 bits per heavy atom. The molecular weight excluding hydrogens is 436 g/mol. The Bertz CT molecular complexity index is 816. The molecule has 0 aromatic rings. The van der Waals surface area contributed by atoms with E-state index in [1.54, 1.807) is 13.0 Å². The highest BCUT2D eigenvalue weighted by molar-refractivity contribution is 6.04. The molecule has 11 nitrogen and oxygen atoms in total. The maximum Gasteiger partial charge on any atom is 0.336 e. The lowest BCUT2D eigenvalue weighted by molar-refractivity contribution is -0.178. The van der Waals surface area contributed by atoms with Gasteiger partial charge in [0.05, 0.1) is 43.7 Å². The average molecular weight is 469 g/mol. The van der Waals surface area contributed by atoms with Crippen LogP contribution in [0, 0.1) is 0 Å². The molecule has 0 radical (unpaired) electrons. The third kappa shape index (κ3) is 5.97. The van der Waals surface area contributed by atoms with E-state index in [-0.39, 0.29) is 24.7 Å². The van der Waals surface area contributed by atoms with Crippen molar-refractivity contribution in [1.82, 2.24) is 10.2 Å². The number of likely N-dealkylation sites (tertiary alicyclic amines) is 1. The summed E-state index contributed by atoms with van der Waals surface area (Å²) in [5, 5.41) is 22.2. The van der Waals surface area contributed by atoms with Gasteiger partial charge in [-0.2, -0.15) is 0 Å². The number of rotatable bonds is 9. The standard InChI is InChI=1S/C22H32N2O9/c1-5-14(6-2)33-16-9-13(20(28)32-7-3)8-15(19(16)23-12(4)25)24-17(26)10-22(31,21(29)30)11-18(24)27/h9,14-16,19,31H,5-8,10-11H2,1-4H3,(H,23,25)(H,29,30)/t15-,16+,19+/m0/s1. The number of imide groups is 1. The average Bonchev–Trinajstić information content (AvgIpc) is 2.72. The van der Waals surface area contributed by atoms with Gasteiger partial charge in [-0.25, -0.2) is 9.59 Å². The molecule has 0 aromatic heterocycles. The molecule has 3 amide bonds. The number of aliphatic carboxylic acids is 1. The molecule has 2 aliphatic rings. The zero-order valence-electron chi connectivity index (χ0n) is 19.3. The van der Waals surface area contributed by atoms with E-state index in [1.807, 2.05) is 13.8 Å². The topological polar surface area (TPSA) is 160 Å². The fraction of sp³-hybridized carbons (Fsp3) is 0.682. The summed E-state index contributed by atoms with van der Waals surface area (Å²) in [6.07, 6.45) is 0.0463. The van der Waals surface area contributed by atoms with Crippen molar-refractivity contribution in [2.75, 3.05) is 6.61 Å². The van der Waals surface area contributed by atoms with Crippen LogP contribution in [-0.4, -0.2) is 81.3 Å². The largest absolute Gasteiger partial charge is 0.479 e. The van der Waals surface area contributed by atoms with Crippen LogP contribution in [0.2, 0.25) is 0 Å². The summed E-state index contributed by atoms with van der Waals surface area (Å²) in [5.41, 5.74) is -2.33. The van der Waals surface area contributed by atoms with Gasteiger partial charge in [0.25, 0.3) is 0 Å². The zero-order chi connectivity index (χ0) is 24.9. The zero-order valence-corrected chi connectivity index (χ0v) is 19.3. The first kappa shape index (κ1) is 26.5. The highest BCUT2D eigenvalue weighted by Crippen LogP contribution is 2.33. The van der Waals surface area contributed by atoms with E-state index < -0.39 is 66.3 Å². The third-order valence-corrected chi connectivity index (χ3v) is 5.89. The second-order valence-corrected chi connectivity index (χ2v) is 8.30. The number of hydrogen-bond donors (Lipinski definition) is 3. The number of ether oxygens (including phenoxy) is 2. The summed E-state index contributed by atoms with van der Waals surface area (Å²) in [5.74, 6) is -4.57. The van der Waals surface area contributed by atoms with Gasteiger partial charge in [-0.3, -0.25) is 19.3 Å². The summed E-state index contributed by atoms with van der Waals surface area (Å²) in [6.45, 7) is 6.87. The van der Waals surface area contributed by atoms with Gasteiger partial charge in [-0.1, -0.05) is 13.8 Å². The van der Waals surface area contributed by atoms with Gasteiger partial charge in [0.2, 0.25) is 17.7 Å². The van der Waals surface area contributed by atoms with Crippen LogP contribution in [-0.2, 0) is 33.4 Å². The SMILES string of the molecule is CCOC(=O)C1=C[C@@H](OC(CC)CC)[C@H](NC(C)=O)[C@@H](N2C(=O)CC(O)(C(=O)O)CC2=O)C1. The number of nitrogens with zero attached hydrogens (tertiary/aromatic N) is 1. The summed E-state index contributed by atoms with van der Waals surface area (Å²) < 4.78 is 11.2. The molecule has 0 aromatic carbocycles. The molecule has 1 heterocycles. The lowest BCUT2D eigenvalue weighted by atomic mass is 9.83. The minimum atomic E-state index is -2.51. The van der Waals surface area contributed by atoms with Crippen molar-refractivity contribution >= 4 is 29.7 Å². The molecule has 2 rings (SSSR count). The van der Waals surface area contributed by atoms with E-state index in [9.17, 15) is 34.2 Å².